The van der Waals surface area contributed by atoms with Crippen molar-refractivity contribution in [3.8, 4) is 11.3 Å². The summed E-state index contributed by atoms with van der Waals surface area (Å²) >= 11 is 3.46. The van der Waals surface area contributed by atoms with Crippen molar-refractivity contribution in [2.45, 2.75) is 13.3 Å². The van der Waals surface area contributed by atoms with Crippen LogP contribution in [0.2, 0.25) is 0 Å². The molecule has 4 unspecified atom stereocenters. The van der Waals surface area contributed by atoms with Gasteiger partial charge in [0.1, 0.15) is 0 Å². The van der Waals surface area contributed by atoms with Crippen molar-refractivity contribution in [1.82, 2.24) is 4.98 Å². The number of amides is 2. The molecule has 7 rings (SSSR count). The Morgan fingerprint density at radius 2 is 1.69 bits per heavy atom. The summed E-state index contributed by atoms with van der Waals surface area (Å²) in [5.41, 5.74) is 4.29. The first kappa shape index (κ1) is 26.5. The quantitative estimate of drug-likeness (QED) is 0.107. The highest BCUT2D eigenvalue weighted by molar-refractivity contribution is 9.10. The van der Waals surface area contributed by atoms with Gasteiger partial charge < -0.3 is 4.74 Å². The Bertz CT molecular complexity index is 1830. The number of allylic oxidation sites excluding steroid dienone is 2. The molecule has 7 nitrogen and oxygen atoms in total. The molecule has 2 bridgehead atoms. The molecule has 2 aliphatic carbocycles. The Kier molecular flexibility index (Phi) is 6.39. The monoisotopic (exact) mass is 620 g/mol. The predicted octanol–water partition coefficient (Wildman–Crippen LogP) is 6.41. The third kappa shape index (κ3) is 4.29. The van der Waals surface area contributed by atoms with Gasteiger partial charge in [-0.05, 0) is 61.6 Å². The topological polar surface area (TPSA) is 93.6 Å². The molecule has 3 aromatic carbocycles. The first-order chi connectivity index (χ1) is 20.3. The number of benzene rings is 3. The highest BCUT2D eigenvalue weighted by Gasteiger charge is 2.60. The lowest BCUT2D eigenvalue weighted by Crippen LogP contribution is -2.32. The van der Waals surface area contributed by atoms with E-state index in [1.807, 2.05) is 12.1 Å². The smallest absolute Gasteiger partial charge is 0.339 e. The fourth-order valence-corrected chi connectivity index (χ4v) is 7.10. The van der Waals surface area contributed by atoms with Gasteiger partial charge in [0.05, 0.1) is 34.3 Å². The van der Waals surface area contributed by atoms with Crippen LogP contribution in [-0.2, 0) is 14.3 Å². The zero-order chi connectivity index (χ0) is 29.1. The molecule has 208 valence electrons. The molecule has 4 aromatic rings. The lowest BCUT2D eigenvalue weighted by Gasteiger charge is -2.19. The molecule has 0 N–H and O–H groups in total. The number of imide groups is 1. The van der Waals surface area contributed by atoms with Crippen molar-refractivity contribution < 1.29 is 23.9 Å². The number of carbonyl (C=O) groups excluding carboxylic acids is 4. The van der Waals surface area contributed by atoms with E-state index in [-0.39, 0.29) is 53.4 Å². The molecule has 2 heterocycles. The molecule has 1 saturated heterocycles. The van der Waals surface area contributed by atoms with E-state index in [0.29, 0.717) is 33.4 Å². The summed E-state index contributed by atoms with van der Waals surface area (Å²) in [6.07, 6.45) is 3.05. The SMILES string of the molecule is CC1=CC2CC1C1C(=O)N(c3ccc(-c4cc(C(=O)OCC(=O)c5ccccc5)c5cc(Br)ccc5n4)cc3)C(=O)C21. The van der Waals surface area contributed by atoms with Gasteiger partial charge >= 0.3 is 5.97 Å². The van der Waals surface area contributed by atoms with Crippen molar-refractivity contribution in [3.05, 3.63) is 106 Å². The summed E-state index contributed by atoms with van der Waals surface area (Å²) in [6, 6.07) is 22.8. The maximum atomic E-state index is 13.4. The fraction of sp³-hybridized carbons (Fsp3) is 0.206. The molecule has 8 heteroatoms. The van der Waals surface area contributed by atoms with Crippen LogP contribution in [0.3, 0.4) is 0 Å². The van der Waals surface area contributed by atoms with Gasteiger partial charge in [-0.25, -0.2) is 9.78 Å². The highest BCUT2D eigenvalue weighted by Crippen LogP contribution is 2.56. The standard InChI is InChI=1S/C34H25BrN2O5/c1-18-13-21-14-24(18)31-30(21)32(39)37(33(31)40)23-10-7-19(8-11-23)28-16-26(25-15-22(35)9-12-27(25)36-28)34(41)42-17-29(38)20-5-3-2-4-6-20/h2-13,15-16,21,24,30-31H,14,17H2,1H3. The van der Waals surface area contributed by atoms with Gasteiger partial charge in [-0.1, -0.05) is 70.0 Å². The maximum Gasteiger partial charge on any atom is 0.339 e. The van der Waals surface area contributed by atoms with Crippen molar-refractivity contribution >= 4 is 56.1 Å². The number of fused-ring (bicyclic) bond motifs is 6. The molecule has 2 fully saturated rings. The van der Waals surface area contributed by atoms with Gasteiger partial charge in [0.15, 0.2) is 12.4 Å². The summed E-state index contributed by atoms with van der Waals surface area (Å²) in [5, 5.41) is 0.584. The number of rotatable bonds is 6. The average molecular weight is 621 g/mol. The van der Waals surface area contributed by atoms with Crippen LogP contribution in [0.4, 0.5) is 5.69 Å². The van der Waals surface area contributed by atoms with E-state index in [0.717, 1.165) is 10.9 Å². The number of nitrogens with zero attached hydrogens (tertiary/aromatic N) is 2. The summed E-state index contributed by atoms with van der Waals surface area (Å²) < 4.78 is 6.21. The second-order valence-corrected chi connectivity index (χ2v) is 12.0. The lowest BCUT2D eigenvalue weighted by molar-refractivity contribution is -0.123. The van der Waals surface area contributed by atoms with Gasteiger partial charge in [-0.3, -0.25) is 19.3 Å². The Morgan fingerprint density at radius 3 is 2.45 bits per heavy atom. The highest BCUT2D eigenvalue weighted by atomic mass is 79.9. The first-order valence-electron chi connectivity index (χ1n) is 13.8. The lowest BCUT2D eigenvalue weighted by atomic mass is 9.82. The van der Waals surface area contributed by atoms with Crippen LogP contribution in [0.5, 0.6) is 0 Å². The van der Waals surface area contributed by atoms with Crippen LogP contribution in [0.1, 0.15) is 34.1 Å². The zero-order valence-electron chi connectivity index (χ0n) is 22.6. The maximum absolute atomic E-state index is 13.4. The minimum Gasteiger partial charge on any atom is -0.454 e. The number of aromatic nitrogens is 1. The number of anilines is 1. The number of pyridine rings is 1. The van der Waals surface area contributed by atoms with Crippen molar-refractivity contribution in [3.63, 3.8) is 0 Å². The molecule has 0 radical (unpaired) electrons. The van der Waals surface area contributed by atoms with Crippen LogP contribution >= 0.6 is 15.9 Å². The minimum absolute atomic E-state index is 0.123. The molecule has 1 aromatic heterocycles. The number of hydrogen-bond donors (Lipinski definition) is 0. The van der Waals surface area contributed by atoms with Crippen LogP contribution in [-0.4, -0.2) is 35.2 Å². The van der Waals surface area contributed by atoms with Crippen LogP contribution in [0.15, 0.2) is 95.0 Å². The Balaban J connectivity index is 1.17. The normalized spacial score (nSPS) is 22.4. The van der Waals surface area contributed by atoms with E-state index < -0.39 is 5.97 Å². The Hall–Kier alpha value is -4.43. The summed E-state index contributed by atoms with van der Waals surface area (Å²) in [4.78, 5) is 58.6. The third-order valence-electron chi connectivity index (χ3n) is 8.72. The number of carbonyl (C=O) groups is 4. The molecular weight excluding hydrogens is 596 g/mol. The number of ether oxygens (including phenoxy) is 1. The van der Waals surface area contributed by atoms with E-state index >= 15 is 0 Å². The van der Waals surface area contributed by atoms with E-state index in [9.17, 15) is 19.2 Å². The Labute approximate surface area is 250 Å². The molecular formula is C34H25BrN2O5. The Morgan fingerprint density at radius 1 is 0.952 bits per heavy atom. The molecule has 1 saturated carbocycles. The van der Waals surface area contributed by atoms with Crippen LogP contribution in [0.25, 0.3) is 22.2 Å². The molecule has 2 amide bonds. The van der Waals surface area contributed by atoms with E-state index in [1.165, 1.54) is 10.5 Å². The number of halogens is 1. The van der Waals surface area contributed by atoms with Gasteiger partial charge in [0.25, 0.3) is 0 Å². The van der Waals surface area contributed by atoms with E-state index in [4.69, 9.17) is 9.72 Å². The van der Waals surface area contributed by atoms with Gasteiger partial charge in [-0.2, -0.15) is 0 Å². The third-order valence-corrected chi connectivity index (χ3v) is 9.22. The first-order valence-corrected chi connectivity index (χ1v) is 14.6. The number of ketones is 1. The van der Waals surface area contributed by atoms with E-state index in [1.54, 1.807) is 66.7 Å². The number of Topliss-reactive ketones (excluding diaryl/α,β-unsaturated/α-hetero) is 1. The van der Waals surface area contributed by atoms with Crippen molar-refractivity contribution in [2.24, 2.45) is 23.7 Å². The predicted molar refractivity (Wildman–Crippen MR) is 161 cm³/mol. The van der Waals surface area contributed by atoms with Gasteiger partial charge in [0.2, 0.25) is 11.8 Å². The van der Waals surface area contributed by atoms with Crippen LogP contribution < -0.4 is 4.90 Å². The van der Waals surface area contributed by atoms with Gasteiger partial charge in [0, 0.05) is 21.0 Å². The summed E-state index contributed by atoms with van der Waals surface area (Å²) in [5.74, 6) is -1.42. The molecule has 42 heavy (non-hydrogen) atoms. The molecule has 1 aliphatic heterocycles. The van der Waals surface area contributed by atoms with Crippen LogP contribution in [0, 0.1) is 23.7 Å². The zero-order valence-corrected chi connectivity index (χ0v) is 24.2. The number of esters is 1. The van der Waals surface area contributed by atoms with Gasteiger partial charge in [-0.15, -0.1) is 0 Å². The minimum atomic E-state index is -0.638. The largest absolute Gasteiger partial charge is 0.454 e. The summed E-state index contributed by atoms with van der Waals surface area (Å²) in [6.45, 7) is 1.66. The summed E-state index contributed by atoms with van der Waals surface area (Å²) in [7, 11) is 0. The molecule has 0 spiro atoms. The van der Waals surface area contributed by atoms with Crippen molar-refractivity contribution in [1.29, 1.82) is 0 Å². The van der Waals surface area contributed by atoms with Crippen molar-refractivity contribution in [2.75, 3.05) is 11.5 Å². The number of hydrogen-bond acceptors (Lipinski definition) is 6. The fourth-order valence-electron chi connectivity index (χ4n) is 6.74. The molecule has 4 atom stereocenters. The second-order valence-electron chi connectivity index (χ2n) is 11.1. The molecule has 3 aliphatic rings. The average Bonchev–Trinajstić information content (AvgIpc) is 3.65. The second kappa shape index (κ2) is 10.1. The van der Waals surface area contributed by atoms with E-state index in [2.05, 4.69) is 28.9 Å².